The molecule has 34 heavy (non-hydrogen) atoms. The molecule has 0 spiro atoms. The fourth-order valence-corrected chi connectivity index (χ4v) is 4.48. The minimum Gasteiger partial charge on any atom is -0.486 e. The molecule has 1 saturated heterocycles. The molecule has 8 nitrogen and oxygen atoms in total. The second kappa shape index (κ2) is 9.02. The molecule has 2 aromatic carbocycles. The minimum absolute atomic E-state index is 0.0876. The molecule has 0 aliphatic carbocycles. The summed E-state index contributed by atoms with van der Waals surface area (Å²) < 4.78 is 13.6. The molecule has 0 radical (unpaired) electrons. The molecule has 1 fully saturated rings. The van der Waals surface area contributed by atoms with Crippen LogP contribution in [0, 0.1) is 6.92 Å². The molecule has 3 aromatic rings. The van der Waals surface area contributed by atoms with Gasteiger partial charge < -0.3 is 25.0 Å². The highest BCUT2D eigenvalue weighted by Crippen LogP contribution is 2.42. The minimum atomic E-state index is -0.223. The van der Waals surface area contributed by atoms with Gasteiger partial charge in [0.15, 0.2) is 11.5 Å². The van der Waals surface area contributed by atoms with Gasteiger partial charge in [0, 0.05) is 54.8 Å². The number of amides is 1. The number of carbonyl (C=O) groups excluding carboxylic acids is 1. The Morgan fingerprint density at radius 2 is 1.97 bits per heavy atom. The van der Waals surface area contributed by atoms with Crippen molar-refractivity contribution in [1.82, 2.24) is 20.4 Å². The zero-order valence-corrected chi connectivity index (χ0v) is 20.1. The van der Waals surface area contributed by atoms with Crippen molar-refractivity contribution in [1.29, 1.82) is 0 Å². The van der Waals surface area contributed by atoms with E-state index in [0.717, 1.165) is 46.8 Å². The standard InChI is InChI=1S/C26H31N5O3/c1-16-5-6-21(31-14-20(15-31)27-3)11-22(16)26(32)29-17(2)18-9-23(19-12-28-30(4)13-19)25-24(10-18)33-7-8-34-25/h5-6,9-13,17,20,27H,7-8,14-15H2,1-4H3,(H,29,32)/t17-/m1/s1. The summed E-state index contributed by atoms with van der Waals surface area (Å²) >= 11 is 0. The van der Waals surface area contributed by atoms with E-state index >= 15 is 0 Å². The number of ether oxygens (including phenoxy) is 2. The monoisotopic (exact) mass is 461 g/mol. The van der Waals surface area contributed by atoms with E-state index in [1.165, 1.54) is 0 Å². The lowest BCUT2D eigenvalue weighted by Gasteiger charge is -2.41. The van der Waals surface area contributed by atoms with Crippen molar-refractivity contribution in [3.05, 3.63) is 59.4 Å². The number of aromatic nitrogens is 2. The summed E-state index contributed by atoms with van der Waals surface area (Å²) in [5.74, 6) is 1.33. The van der Waals surface area contributed by atoms with Gasteiger partial charge in [-0.15, -0.1) is 0 Å². The molecule has 1 aromatic heterocycles. The Balaban J connectivity index is 1.39. The van der Waals surface area contributed by atoms with E-state index in [1.54, 1.807) is 4.68 Å². The third-order valence-electron chi connectivity index (χ3n) is 6.65. The molecule has 1 amide bonds. The van der Waals surface area contributed by atoms with Gasteiger partial charge in [-0.3, -0.25) is 9.48 Å². The predicted molar refractivity (Wildman–Crippen MR) is 132 cm³/mol. The van der Waals surface area contributed by atoms with Crippen molar-refractivity contribution in [3.63, 3.8) is 0 Å². The van der Waals surface area contributed by atoms with E-state index in [0.29, 0.717) is 30.6 Å². The number of carbonyl (C=O) groups is 1. The highest BCUT2D eigenvalue weighted by atomic mass is 16.6. The maximum absolute atomic E-state index is 13.3. The number of hydrogen-bond donors (Lipinski definition) is 2. The molecule has 0 unspecified atom stereocenters. The Morgan fingerprint density at radius 3 is 2.71 bits per heavy atom. The van der Waals surface area contributed by atoms with Crippen LogP contribution in [0.15, 0.2) is 42.7 Å². The number of nitrogens with zero attached hydrogens (tertiary/aromatic N) is 3. The van der Waals surface area contributed by atoms with E-state index in [9.17, 15) is 4.79 Å². The number of likely N-dealkylation sites (N-methyl/N-ethyl adjacent to an activating group) is 1. The van der Waals surface area contributed by atoms with Crippen molar-refractivity contribution < 1.29 is 14.3 Å². The summed E-state index contributed by atoms with van der Waals surface area (Å²) in [4.78, 5) is 15.6. The number of rotatable bonds is 6. The Hall–Kier alpha value is -3.52. The van der Waals surface area contributed by atoms with E-state index in [2.05, 4.69) is 32.8 Å². The van der Waals surface area contributed by atoms with Crippen molar-refractivity contribution in [2.45, 2.75) is 25.9 Å². The Morgan fingerprint density at radius 1 is 1.18 bits per heavy atom. The Labute approximate surface area is 199 Å². The van der Waals surface area contributed by atoms with Crippen LogP contribution >= 0.6 is 0 Å². The molecular formula is C26H31N5O3. The summed E-state index contributed by atoms with van der Waals surface area (Å²) in [5.41, 5.74) is 5.54. The van der Waals surface area contributed by atoms with E-state index in [-0.39, 0.29) is 11.9 Å². The second-order valence-electron chi connectivity index (χ2n) is 9.08. The molecule has 1 atom stereocenters. The number of aryl methyl sites for hydroxylation is 2. The van der Waals surface area contributed by atoms with Gasteiger partial charge >= 0.3 is 0 Å². The van der Waals surface area contributed by atoms with Crippen LogP contribution in [0.5, 0.6) is 11.5 Å². The van der Waals surface area contributed by atoms with Crippen LogP contribution in [0.1, 0.15) is 34.5 Å². The molecule has 2 N–H and O–H groups in total. The second-order valence-corrected chi connectivity index (χ2v) is 9.08. The molecule has 8 heteroatoms. The van der Waals surface area contributed by atoms with Crippen LogP contribution < -0.4 is 25.0 Å². The van der Waals surface area contributed by atoms with Crippen LogP contribution in [0.4, 0.5) is 5.69 Å². The molecule has 3 heterocycles. The zero-order valence-electron chi connectivity index (χ0n) is 20.1. The molecule has 2 aliphatic rings. The average molecular weight is 462 g/mol. The molecular weight excluding hydrogens is 430 g/mol. The molecule has 0 bridgehead atoms. The Kier molecular flexibility index (Phi) is 5.91. The zero-order chi connectivity index (χ0) is 23.8. The largest absolute Gasteiger partial charge is 0.486 e. The van der Waals surface area contributed by atoms with Crippen molar-refractivity contribution >= 4 is 11.6 Å². The van der Waals surface area contributed by atoms with Crippen molar-refractivity contribution in [3.8, 4) is 22.6 Å². The van der Waals surface area contributed by atoms with Gasteiger partial charge in [-0.1, -0.05) is 6.07 Å². The number of anilines is 1. The van der Waals surface area contributed by atoms with Crippen LogP contribution in [-0.4, -0.2) is 55.1 Å². The van der Waals surface area contributed by atoms with Gasteiger partial charge in [0.2, 0.25) is 0 Å². The lowest BCUT2D eigenvalue weighted by Crippen LogP contribution is -2.57. The fraction of sp³-hybridized carbons (Fsp3) is 0.385. The predicted octanol–water partition coefficient (Wildman–Crippen LogP) is 3.07. The lowest BCUT2D eigenvalue weighted by molar-refractivity contribution is 0.0939. The first-order chi connectivity index (χ1) is 16.4. The third-order valence-corrected chi connectivity index (χ3v) is 6.65. The number of hydrogen-bond acceptors (Lipinski definition) is 6. The molecule has 2 aliphatic heterocycles. The smallest absolute Gasteiger partial charge is 0.252 e. The summed E-state index contributed by atoms with van der Waals surface area (Å²) in [5, 5.41) is 10.8. The quantitative estimate of drug-likeness (QED) is 0.587. The highest BCUT2D eigenvalue weighted by Gasteiger charge is 2.27. The summed E-state index contributed by atoms with van der Waals surface area (Å²) in [7, 11) is 3.87. The maximum atomic E-state index is 13.3. The third kappa shape index (κ3) is 4.21. The summed E-state index contributed by atoms with van der Waals surface area (Å²) in [6, 6.07) is 10.4. The highest BCUT2D eigenvalue weighted by molar-refractivity contribution is 5.97. The van der Waals surface area contributed by atoms with E-state index in [4.69, 9.17) is 9.47 Å². The normalized spacial score (nSPS) is 16.2. The van der Waals surface area contributed by atoms with Crippen LogP contribution in [0.25, 0.3) is 11.1 Å². The topological polar surface area (TPSA) is 80.7 Å². The maximum Gasteiger partial charge on any atom is 0.252 e. The fourth-order valence-electron chi connectivity index (χ4n) is 4.48. The first-order valence-corrected chi connectivity index (χ1v) is 11.7. The van der Waals surface area contributed by atoms with E-state index < -0.39 is 0 Å². The lowest BCUT2D eigenvalue weighted by atomic mass is 9.99. The van der Waals surface area contributed by atoms with Gasteiger partial charge in [-0.25, -0.2) is 0 Å². The average Bonchev–Trinajstić information content (AvgIpc) is 3.24. The van der Waals surface area contributed by atoms with Gasteiger partial charge in [0.1, 0.15) is 13.2 Å². The van der Waals surface area contributed by atoms with Crippen LogP contribution in [0.2, 0.25) is 0 Å². The van der Waals surface area contributed by atoms with Gasteiger partial charge in [-0.05, 0) is 56.3 Å². The molecule has 5 rings (SSSR count). The first-order valence-electron chi connectivity index (χ1n) is 11.7. The number of nitrogens with one attached hydrogen (secondary N) is 2. The number of benzene rings is 2. The summed E-state index contributed by atoms with van der Waals surface area (Å²) in [6.07, 6.45) is 3.76. The van der Waals surface area contributed by atoms with Crippen LogP contribution in [0.3, 0.4) is 0 Å². The Bertz CT molecular complexity index is 1220. The van der Waals surface area contributed by atoms with Gasteiger partial charge in [0.05, 0.1) is 12.2 Å². The molecule has 178 valence electrons. The van der Waals surface area contributed by atoms with Crippen molar-refractivity contribution in [2.24, 2.45) is 7.05 Å². The van der Waals surface area contributed by atoms with Gasteiger partial charge in [-0.2, -0.15) is 5.10 Å². The van der Waals surface area contributed by atoms with Crippen LogP contribution in [-0.2, 0) is 7.05 Å². The number of fused-ring (bicyclic) bond motifs is 1. The first kappa shape index (κ1) is 22.3. The molecule has 0 saturated carbocycles. The summed E-state index contributed by atoms with van der Waals surface area (Å²) in [6.45, 7) is 6.87. The van der Waals surface area contributed by atoms with Gasteiger partial charge in [0.25, 0.3) is 5.91 Å². The van der Waals surface area contributed by atoms with E-state index in [1.807, 2.05) is 58.5 Å². The SMILES string of the molecule is CNC1CN(c2ccc(C)c(C(=O)N[C@H](C)c3cc4c(c(-c5cnn(C)c5)c3)OCCO4)c2)C1. The van der Waals surface area contributed by atoms with Crippen molar-refractivity contribution in [2.75, 3.05) is 38.3 Å².